The molecule has 0 atom stereocenters. The standard InChI is InChI=1S/C12H16N4O/c1-3-11-12(13)14-15-16(11)8-9-4-6-10(17-2)7-5-9/h4-7H,3,8,13H2,1-2H3. The number of nitrogen functional groups attached to an aromatic ring is 1. The Morgan fingerprint density at radius 2 is 2.00 bits per heavy atom. The molecule has 0 saturated carbocycles. The molecular formula is C12H16N4O. The lowest BCUT2D eigenvalue weighted by atomic mass is 10.2. The molecule has 1 aromatic carbocycles. The predicted octanol–water partition coefficient (Wildman–Crippen LogP) is 1.48. The first-order valence-electron chi connectivity index (χ1n) is 5.55. The van der Waals surface area contributed by atoms with Crippen molar-refractivity contribution in [3.05, 3.63) is 35.5 Å². The number of nitrogens with zero attached hydrogens (tertiary/aromatic N) is 3. The average molecular weight is 232 g/mol. The highest BCUT2D eigenvalue weighted by molar-refractivity contribution is 5.34. The molecule has 90 valence electrons. The fourth-order valence-corrected chi connectivity index (χ4v) is 1.74. The molecule has 0 spiro atoms. The Hall–Kier alpha value is -2.04. The highest BCUT2D eigenvalue weighted by atomic mass is 16.5. The summed E-state index contributed by atoms with van der Waals surface area (Å²) < 4.78 is 6.94. The first kappa shape index (κ1) is 11.4. The molecule has 2 rings (SSSR count). The summed E-state index contributed by atoms with van der Waals surface area (Å²) in [6, 6.07) is 7.88. The Morgan fingerprint density at radius 3 is 2.59 bits per heavy atom. The first-order valence-corrected chi connectivity index (χ1v) is 5.55. The van der Waals surface area contributed by atoms with Crippen molar-refractivity contribution in [3.8, 4) is 5.75 Å². The van der Waals surface area contributed by atoms with Gasteiger partial charge < -0.3 is 10.5 Å². The van der Waals surface area contributed by atoms with E-state index >= 15 is 0 Å². The molecule has 0 bridgehead atoms. The minimum Gasteiger partial charge on any atom is -0.497 e. The van der Waals surface area contributed by atoms with E-state index in [0.717, 1.165) is 23.4 Å². The summed E-state index contributed by atoms with van der Waals surface area (Å²) in [6.45, 7) is 2.72. The molecule has 0 unspecified atom stereocenters. The number of rotatable bonds is 4. The fourth-order valence-electron chi connectivity index (χ4n) is 1.74. The minimum atomic E-state index is 0.515. The van der Waals surface area contributed by atoms with Crippen molar-refractivity contribution < 1.29 is 4.74 Å². The Labute approximate surface area is 100 Å². The number of hydrogen-bond acceptors (Lipinski definition) is 4. The molecule has 2 aromatic rings. The lowest BCUT2D eigenvalue weighted by Crippen LogP contribution is -2.06. The first-order chi connectivity index (χ1) is 8.24. The number of ether oxygens (including phenoxy) is 1. The van der Waals surface area contributed by atoms with Gasteiger partial charge in [0.2, 0.25) is 0 Å². The van der Waals surface area contributed by atoms with Crippen LogP contribution in [-0.2, 0) is 13.0 Å². The van der Waals surface area contributed by atoms with Crippen molar-refractivity contribution >= 4 is 5.82 Å². The van der Waals surface area contributed by atoms with Crippen molar-refractivity contribution in [2.24, 2.45) is 0 Å². The van der Waals surface area contributed by atoms with Gasteiger partial charge in [-0.1, -0.05) is 24.3 Å². The number of anilines is 1. The maximum atomic E-state index is 5.74. The minimum absolute atomic E-state index is 0.515. The molecule has 1 aromatic heterocycles. The van der Waals surface area contributed by atoms with Crippen LogP contribution in [0.1, 0.15) is 18.2 Å². The van der Waals surface area contributed by atoms with Crippen LogP contribution >= 0.6 is 0 Å². The van der Waals surface area contributed by atoms with E-state index in [0.29, 0.717) is 12.4 Å². The van der Waals surface area contributed by atoms with Gasteiger partial charge in [0.15, 0.2) is 5.82 Å². The average Bonchev–Trinajstić information content (AvgIpc) is 2.71. The van der Waals surface area contributed by atoms with Crippen LogP contribution in [0.5, 0.6) is 5.75 Å². The second-order valence-corrected chi connectivity index (χ2v) is 3.78. The Kier molecular flexibility index (Phi) is 3.27. The number of nitrogens with two attached hydrogens (primary N) is 1. The Bertz CT molecular complexity index is 490. The Balaban J connectivity index is 2.19. The van der Waals surface area contributed by atoms with Crippen LogP contribution < -0.4 is 10.5 Å². The maximum absolute atomic E-state index is 5.74. The summed E-state index contributed by atoms with van der Waals surface area (Å²) in [5, 5.41) is 7.92. The zero-order valence-corrected chi connectivity index (χ0v) is 10.1. The van der Waals surface area contributed by atoms with E-state index in [1.807, 2.05) is 35.9 Å². The van der Waals surface area contributed by atoms with Crippen LogP contribution in [0.4, 0.5) is 5.82 Å². The molecule has 17 heavy (non-hydrogen) atoms. The van der Waals surface area contributed by atoms with E-state index in [2.05, 4.69) is 10.3 Å². The van der Waals surface area contributed by atoms with Crippen LogP contribution in [0.15, 0.2) is 24.3 Å². The van der Waals surface area contributed by atoms with Gasteiger partial charge in [-0.05, 0) is 24.1 Å². The van der Waals surface area contributed by atoms with Gasteiger partial charge in [0.1, 0.15) is 5.75 Å². The smallest absolute Gasteiger partial charge is 0.169 e. The van der Waals surface area contributed by atoms with Crippen molar-refractivity contribution in [1.82, 2.24) is 15.0 Å². The fraction of sp³-hybridized carbons (Fsp3) is 0.333. The molecule has 0 saturated heterocycles. The summed E-state index contributed by atoms with van der Waals surface area (Å²) in [6.07, 6.45) is 0.828. The van der Waals surface area contributed by atoms with Gasteiger partial charge in [-0.2, -0.15) is 0 Å². The van der Waals surface area contributed by atoms with E-state index in [4.69, 9.17) is 10.5 Å². The predicted molar refractivity (Wildman–Crippen MR) is 65.9 cm³/mol. The molecule has 5 nitrogen and oxygen atoms in total. The van der Waals surface area contributed by atoms with Gasteiger partial charge in [-0.25, -0.2) is 4.68 Å². The molecule has 0 amide bonds. The van der Waals surface area contributed by atoms with Gasteiger partial charge in [0.25, 0.3) is 0 Å². The number of benzene rings is 1. The number of aromatic nitrogens is 3. The van der Waals surface area contributed by atoms with E-state index in [-0.39, 0.29) is 0 Å². The van der Waals surface area contributed by atoms with Crippen molar-refractivity contribution in [2.45, 2.75) is 19.9 Å². The third kappa shape index (κ3) is 2.38. The van der Waals surface area contributed by atoms with E-state index in [1.54, 1.807) is 7.11 Å². The van der Waals surface area contributed by atoms with Crippen molar-refractivity contribution in [2.75, 3.05) is 12.8 Å². The van der Waals surface area contributed by atoms with Gasteiger partial charge >= 0.3 is 0 Å². The van der Waals surface area contributed by atoms with Crippen molar-refractivity contribution in [1.29, 1.82) is 0 Å². The molecule has 0 aliphatic carbocycles. The van der Waals surface area contributed by atoms with Crippen LogP contribution in [0.2, 0.25) is 0 Å². The SMILES string of the molecule is CCc1c(N)nnn1Cc1ccc(OC)cc1. The van der Waals surface area contributed by atoms with Gasteiger partial charge in [-0.3, -0.25) is 0 Å². The van der Waals surface area contributed by atoms with Gasteiger partial charge in [0, 0.05) is 0 Å². The largest absolute Gasteiger partial charge is 0.497 e. The highest BCUT2D eigenvalue weighted by Gasteiger charge is 2.08. The topological polar surface area (TPSA) is 66.0 Å². The number of hydrogen-bond donors (Lipinski definition) is 1. The van der Waals surface area contributed by atoms with E-state index < -0.39 is 0 Å². The summed E-state index contributed by atoms with van der Waals surface area (Å²) >= 11 is 0. The summed E-state index contributed by atoms with van der Waals surface area (Å²) in [4.78, 5) is 0. The van der Waals surface area contributed by atoms with Gasteiger partial charge in [0.05, 0.1) is 19.3 Å². The molecule has 1 heterocycles. The van der Waals surface area contributed by atoms with E-state index in [9.17, 15) is 0 Å². The summed E-state index contributed by atoms with van der Waals surface area (Å²) in [5.74, 6) is 1.36. The third-order valence-electron chi connectivity index (χ3n) is 2.69. The second kappa shape index (κ2) is 4.86. The zero-order valence-electron chi connectivity index (χ0n) is 10.1. The third-order valence-corrected chi connectivity index (χ3v) is 2.69. The second-order valence-electron chi connectivity index (χ2n) is 3.78. The van der Waals surface area contributed by atoms with Crippen LogP contribution in [0, 0.1) is 0 Å². The lowest BCUT2D eigenvalue weighted by Gasteiger charge is -2.06. The molecule has 5 heteroatoms. The molecule has 0 radical (unpaired) electrons. The van der Waals surface area contributed by atoms with Gasteiger partial charge in [-0.15, -0.1) is 5.10 Å². The number of methoxy groups -OCH3 is 1. The molecule has 0 aliphatic rings. The molecular weight excluding hydrogens is 216 g/mol. The normalized spacial score (nSPS) is 10.5. The van der Waals surface area contributed by atoms with Crippen molar-refractivity contribution in [3.63, 3.8) is 0 Å². The monoisotopic (exact) mass is 232 g/mol. The molecule has 0 aliphatic heterocycles. The lowest BCUT2D eigenvalue weighted by molar-refractivity contribution is 0.414. The summed E-state index contributed by atoms with van der Waals surface area (Å²) in [7, 11) is 1.66. The maximum Gasteiger partial charge on any atom is 0.169 e. The summed E-state index contributed by atoms with van der Waals surface area (Å²) in [5.41, 5.74) is 7.85. The molecule has 0 fully saturated rings. The quantitative estimate of drug-likeness (QED) is 0.867. The zero-order chi connectivity index (χ0) is 12.3. The van der Waals surface area contributed by atoms with Crippen LogP contribution in [0.3, 0.4) is 0 Å². The van der Waals surface area contributed by atoms with E-state index in [1.165, 1.54) is 0 Å². The van der Waals surface area contributed by atoms with Crippen LogP contribution in [0.25, 0.3) is 0 Å². The molecule has 2 N–H and O–H groups in total. The highest BCUT2D eigenvalue weighted by Crippen LogP contribution is 2.14. The Morgan fingerprint density at radius 1 is 1.29 bits per heavy atom. The van der Waals surface area contributed by atoms with Crippen LogP contribution in [-0.4, -0.2) is 22.1 Å².